The first-order valence-electron chi connectivity index (χ1n) is 10.0. The van der Waals surface area contributed by atoms with E-state index in [1.165, 1.54) is 21.7 Å². The highest BCUT2D eigenvalue weighted by atomic mass is 32.2. The first-order valence-corrected chi connectivity index (χ1v) is 13.2. The number of aromatic nitrogens is 1. The number of amides is 1. The number of anilines is 1. The van der Waals surface area contributed by atoms with Crippen molar-refractivity contribution in [2.24, 2.45) is 0 Å². The minimum Gasteiger partial charge on any atom is -0.298 e. The van der Waals surface area contributed by atoms with Crippen molar-refractivity contribution in [3.8, 4) is 0 Å². The fourth-order valence-corrected chi connectivity index (χ4v) is 6.85. The van der Waals surface area contributed by atoms with Crippen molar-refractivity contribution in [1.29, 1.82) is 0 Å². The molecule has 32 heavy (non-hydrogen) atoms. The molecule has 11 heteroatoms. The molecule has 0 atom stereocenters. The zero-order valence-corrected chi connectivity index (χ0v) is 19.6. The SMILES string of the molecule is Cc1ccc(C(=O)Nc2nc3ccc(SC(F)F)cc3s2)cc1S(=O)(=O)N1CCCCC1. The summed E-state index contributed by atoms with van der Waals surface area (Å²) in [5.41, 5.74) is 1.37. The number of halogens is 2. The minimum atomic E-state index is -3.68. The maximum absolute atomic E-state index is 13.1. The average molecular weight is 498 g/mol. The molecule has 1 fully saturated rings. The van der Waals surface area contributed by atoms with Crippen LogP contribution in [0.25, 0.3) is 10.2 Å². The number of alkyl halides is 2. The van der Waals surface area contributed by atoms with Crippen LogP contribution in [0.15, 0.2) is 46.2 Å². The maximum atomic E-state index is 13.1. The summed E-state index contributed by atoms with van der Waals surface area (Å²) in [4.78, 5) is 17.7. The number of carbonyl (C=O) groups excluding carboxylic acids is 1. The zero-order valence-electron chi connectivity index (χ0n) is 17.2. The van der Waals surface area contributed by atoms with Crippen LogP contribution in [0.1, 0.15) is 35.2 Å². The Morgan fingerprint density at radius 1 is 1.16 bits per heavy atom. The van der Waals surface area contributed by atoms with E-state index in [-0.39, 0.29) is 10.5 Å². The Morgan fingerprint density at radius 2 is 1.91 bits per heavy atom. The number of sulfonamides is 1. The van der Waals surface area contributed by atoms with Crippen LogP contribution in [0.5, 0.6) is 0 Å². The van der Waals surface area contributed by atoms with Crippen LogP contribution in [0.4, 0.5) is 13.9 Å². The molecule has 4 rings (SSSR count). The Labute approximate surface area is 193 Å². The number of rotatable bonds is 6. The predicted molar refractivity (Wildman–Crippen MR) is 123 cm³/mol. The number of hydrogen-bond acceptors (Lipinski definition) is 6. The van der Waals surface area contributed by atoms with E-state index in [2.05, 4.69) is 10.3 Å². The molecule has 1 N–H and O–H groups in total. The normalized spacial score (nSPS) is 15.4. The van der Waals surface area contributed by atoms with Crippen molar-refractivity contribution < 1.29 is 22.0 Å². The van der Waals surface area contributed by atoms with Crippen LogP contribution in [0.2, 0.25) is 0 Å². The van der Waals surface area contributed by atoms with Gasteiger partial charge in [0.05, 0.1) is 15.1 Å². The molecule has 1 saturated heterocycles. The van der Waals surface area contributed by atoms with E-state index in [4.69, 9.17) is 0 Å². The molecule has 170 valence electrons. The molecule has 0 spiro atoms. The van der Waals surface area contributed by atoms with Gasteiger partial charge in [0.25, 0.3) is 11.7 Å². The van der Waals surface area contributed by atoms with Gasteiger partial charge in [-0.05, 0) is 55.7 Å². The number of thiazole rings is 1. The van der Waals surface area contributed by atoms with Crippen LogP contribution in [0.3, 0.4) is 0 Å². The number of thioether (sulfide) groups is 1. The highest BCUT2D eigenvalue weighted by molar-refractivity contribution is 7.99. The molecule has 2 aromatic carbocycles. The van der Waals surface area contributed by atoms with Gasteiger partial charge in [0.15, 0.2) is 5.13 Å². The van der Waals surface area contributed by atoms with Gasteiger partial charge in [-0.2, -0.15) is 13.1 Å². The largest absolute Gasteiger partial charge is 0.298 e. The number of carbonyl (C=O) groups is 1. The first kappa shape index (κ1) is 23.1. The highest BCUT2D eigenvalue weighted by Gasteiger charge is 2.28. The second-order valence-electron chi connectivity index (χ2n) is 7.43. The fraction of sp³-hybridized carbons (Fsp3) is 0.333. The van der Waals surface area contributed by atoms with Crippen LogP contribution in [0, 0.1) is 6.92 Å². The monoisotopic (exact) mass is 497 g/mol. The Morgan fingerprint density at radius 3 is 2.62 bits per heavy atom. The molecular formula is C21H21F2N3O3S3. The van der Waals surface area contributed by atoms with Gasteiger partial charge in [0, 0.05) is 23.5 Å². The van der Waals surface area contributed by atoms with Gasteiger partial charge in [-0.1, -0.05) is 35.6 Å². The molecule has 0 radical (unpaired) electrons. The Bertz CT molecular complexity index is 1260. The van der Waals surface area contributed by atoms with Gasteiger partial charge >= 0.3 is 0 Å². The molecule has 0 unspecified atom stereocenters. The van der Waals surface area contributed by atoms with Gasteiger partial charge in [0.2, 0.25) is 10.0 Å². The average Bonchev–Trinajstić information content (AvgIpc) is 3.15. The summed E-state index contributed by atoms with van der Waals surface area (Å²) in [6.07, 6.45) is 2.67. The van der Waals surface area contributed by atoms with Crippen molar-refractivity contribution in [2.75, 3.05) is 18.4 Å². The number of aryl methyl sites for hydroxylation is 1. The third-order valence-corrected chi connectivity index (χ3v) is 8.87. The van der Waals surface area contributed by atoms with Crippen molar-refractivity contribution in [3.63, 3.8) is 0 Å². The molecule has 0 bridgehead atoms. The Balaban J connectivity index is 1.56. The lowest BCUT2D eigenvalue weighted by atomic mass is 10.1. The number of fused-ring (bicyclic) bond motifs is 1. The molecule has 6 nitrogen and oxygen atoms in total. The molecular weight excluding hydrogens is 476 g/mol. The Kier molecular flexibility index (Phi) is 6.80. The molecule has 0 saturated carbocycles. The maximum Gasteiger partial charge on any atom is 0.288 e. The van der Waals surface area contributed by atoms with Gasteiger partial charge in [-0.3, -0.25) is 10.1 Å². The van der Waals surface area contributed by atoms with Gasteiger partial charge in [-0.25, -0.2) is 13.4 Å². The lowest BCUT2D eigenvalue weighted by molar-refractivity contribution is 0.102. The first-order chi connectivity index (χ1) is 15.2. The van der Waals surface area contributed by atoms with E-state index in [9.17, 15) is 22.0 Å². The number of hydrogen-bond donors (Lipinski definition) is 1. The quantitative estimate of drug-likeness (QED) is 0.465. The second kappa shape index (κ2) is 9.42. The summed E-state index contributed by atoms with van der Waals surface area (Å²) < 4.78 is 53.5. The summed E-state index contributed by atoms with van der Waals surface area (Å²) in [5, 5.41) is 3.00. The third kappa shape index (κ3) is 4.95. The van der Waals surface area contributed by atoms with E-state index in [1.807, 2.05) is 0 Å². The van der Waals surface area contributed by atoms with Crippen molar-refractivity contribution in [1.82, 2.24) is 9.29 Å². The van der Waals surface area contributed by atoms with Gasteiger partial charge in [0.1, 0.15) is 0 Å². The van der Waals surface area contributed by atoms with Crippen LogP contribution in [-0.4, -0.2) is 42.5 Å². The van der Waals surface area contributed by atoms with E-state index >= 15 is 0 Å². The molecule has 0 aliphatic carbocycles. The van der Waals surface area contributed by atoms with E-state index in [0.29, 0.717) is 50.7 Å². The number of benzene rings is 2. The van der Waals surface area contributed by atoms with E-state index < -0.39 is 21.7 Å². The molecule has 3 aromatic rings. The molecule has 1 amide bonds. The lowest BCUT2D eigenvalue weighted by Gasteiger charge is -2.26. The van der Waals surface area contributed by atoms with Crippen LogP contribution < -0.4 is 5.32 Å². The molecule has 2 heterocycles. The van der Waals surface area contributed by atoms with Crippen molar-refractivity contribution in [2.45, 2.75) is 41.7 Å². The van der Waals surface area contributed by atoms with Gasteiger partial charge in [-0.15, -0.1) is 0 Å². The van der Waals surface area contributed by atoms with Crippen LogP contribution >= 0.6 is 23.1 Å². The summed E-state index contributed by atoms with van der Waals surface area (Å²) >= 11 is 1.62. The summed E-state index contributed by atoms with van der Waals surface area (Å²) in [5.74, 6) is -3.00. The van der Waals surface area contributed by atoms with Crippen molar-refractivity contribution in [3.05, 3.63) is 47.5 Å². The highest BCUT2D eigenvalue weighted by Crippen LogP contribution is 2.33. The summed E-state index contributed by atoms with van der Waals surface area (Å²) in [6.45, 7) is 2.67. The number of nitrogens with one attached hydrogen (secondary N) is 1. The van der Waals surface area contributed by atoms with E-state index in [1.54, 1.807) is 37.3 Å². The zero-order chi connectivity index (χ0) is 22.9. The summed E-state index contributed by atoms with van der Waals surface area (Å²) in [6, 6.07) is 9.39. The molecule has 1 aliphatic rings. The smallest absolute Gasteiger partial charge is 0.288 e. The lowest BCUT2D eigenvalue weighted by Crippen LogP contribution is -2.36. The number of nitrogens with zero attached hydrogens (tertiary/aromatic N) is 2. The van der Waals surface area contributed by atoms with E-state index in [0.717, 1.165) is 19.3 Å². The second-order valence-corrected chi connectivity index (χ2v) is 11.4. The molecule has 1 aliphatic heterocycles. The third-order valence-electron chi connectivity index (χ3n) is 5.19. The minimum absolute atomic E-state index is 0.130. The molecule has 1 aromatic heterocycles. The van der Waals surface area contributed by atoms with Crippen molar-refractivity contribution >= 4 is 54.4 Å². The fourth-order valence-electron chi connectivity index (χ4n) is 3.57. The predicted octanol–water partition coefficient (Wildman–Crippen LogP) is 5.35. The standard InChI is InChI=1S/C21H21F2N3O3S3/c1-13-5-6-14(11-18(13)32(28,29)26-9-3-2-4-10-26)19(27)25-21-24-16-8-7-15(30-20(22)23)12-17(16)31-21/h5-8,11-12,20H,2-4,9-10H2,1H3,(H,24,25,27). The Hall–Kier alpha value is -2.08. The topological polar surface area (TPSA) is 79.4 Å². The van der Waals surface area contributed by atoms with Gasteiger partial charge < -0.3 is 0 Å². The summed E-state index contributed by atoms with van der Waals surface area (Å²) in [7, 11) is -3.68. The van der Waals surface area contributed by atoms with Crippen LogP contribution in [-0.2, 0) is 10.0 Å². The number of piperidine rings is 1.